The number of aromatic hydroxyl groups is 1. The van der Waals surface area contributed by atoms with Gasteiger partial charge >= 0.3 is 0 Å². The molecule has 0 aliphatic carbocycles. The van der Waals surface area contributed by atoms with Gasteiger partial charge in [-0.15, -0.1) is 0 Å². The second-order valence-corrected chi connectivity index (χ2v) is 8.19. The molecule has 3 rings (SSSR count). The topological polar surface area (TPSA) is 125 Å². The molecule has 1 saturated heterocycles. The zero-order valence-corrected chi connectivity index (χ0v) is 20.8. The molecule has 0 saturated carbocycles. The quantitative estimate of drug-likeness (QED) is 0.241. The van der Waals surface area contributed by atoms with Gasteiger partial charge in [0.1, 0.15) is 5.75 Å². The molecular formula is C26H36N6O3. The van der Waals surface area contributed by atoms with Gasteiger partial charge in [-0.3, -0.25) is 20.6 Å². The van der Waals surface area contributed by atoms with Crippen molar-refractivity contribution in [1.29, 1.82) is 10.8 Å². The van der Waals surface area contributed by atoms with Gasteiger partial charge in [0.2, 0.25) is 5.90 Å². The lowest BCUT2D eigenvalue weighted by Gasteiger charge is -2.36. The summed E-state index contributed by atoms with van der Waals surface area (Å²) in [5.41, 5.74) is 5.11. The third-order valence-electron chi connectivity index (χ3n) is 5.42. The molecule has 1 heterocycles. The molecule has 35 heavy (non-hydrogen) atoms. The lowest BCUT2D eigenvalue weighted by atomic mass is 10.0. The number of nitrogens with zero attached hydrogens (tertiary/aromatic N) is 2. The standard InChI is InChI=1S/C14H21N3O2.C12H15N3O/c1-15-17(12-7-9-16(2)10-8-12)14(19)11-3-5-13(18)6-4-11;1-3-7-15-11-6-4-5-10(8-11)12(14)16-9(2)13/h3-6,12,15,18H,7-10H2,1-2H3;3-8,13-15H,1-2H3/b;7-3-,13-9?,14-12?. The number of hydrogen-bond donors (Lipinski definition) is 5. The summed E-state index contributed by atoms with van der Waals surface area (Å²) in [6.07, 6.45) is 5.64. The van der Waals surface area contributed by atoms with E-state index in [1.54, 1.807) is 36.3 Å². The second-order valence-electron chi connectivity index (χ2n) is 8.19. The van der Waals surface area contributed by atoms with Crippen molar-refractivity contribution in [2.24, 2.45) is 0 Å². The summed E-state index contributed by atoms with van der Waals surface area (Å²) >= 11 is 0. The molecule has 0 aromatic heterocycles. The second kappa shape index (κ2) is 13.9. The van der Waals surface area contributed by atoms with E-state index in [9.17, 15) is 9.90 Å². The highest BCUT2D eigenvalue weighted by Gasteiger charge is 2.26. The number of likely N-dealkylation sites (tertiary alicyclic amines) is 1. The van der Waals surface area contributed by atoms with Crippen LogP contribution >= 0.6 is 0 Å². The molecule has 9 heteroatoms. The largest absolute Gasteiger partial charge is 0.508 e. The molecule has 0 radical (unpaired) electrons. The molecule has 0 unspecified atom stereocenters. The van der Waals surface area contributed by atoms with Gasteiger partial charge in [0.25, 0.3) is 5.91 Å². The van der Waals surface area contributed by atoms with Crippen molar-refractivity contribution < 1.29 is 14.6 Å². The highest BCUT2D eigenvalue weighted by Crippen LogP contribution is 2.18. The Labute approximate surface area is 207 Å². The van der Waals surface area contributed by atoms with Crippen LogP contribution in [0.2, 0.25) is 0 Å². The van der Waals surface area contributed by atoms with Gasteiger partial charge in [-0.25, -0.2) is 5.43 Å². The van der Waals surface area contributed by atoms with Crippen molar-refractivity contribution in [3.63, 3.8) is 0 Å². The number of carbonyl (C=O) groups is 1. The van der Waals surface area contributed by atoms with E-state index in [2.05, 4.69) is 22.7 Å². The number of hydrazine groups is 1. The summed E-state index contributed by atoms with van der Waals surface area (Å²) in [7, 11) is 3.87. The highest BCUT2D eigenvalue weighted by molar-refractivity contribution is 5.99. The zero-order valence-electron chi connectivity index (χ0n) is 20.8. The zero-order chi connectivity index (χ0) is 25.8. The molecular weight excluding hydrogens is 444 g/mol. The minimum Gasteiger partial charge on any atom is -0.508 e. The maximum absolute atomic E-state index is 12.4. The van der Waals surface area contributed by atoms with Crippen LogP contribution in [0.5, 0.6) is 5.75 Å². The predicted molar refractivity (Wildman–Crippen MR) is 140 cm³/mol. The first-order chi connectivity index (χ1) is 16.7. The normalized spacial score (nSPS) is 14.1. The van der Waals surface area contributed by atoms with E-state index in [1.165, 1.54) is 19.1 Å². The molecule has 9 nitrogen and oxygen atoms in total. The summed E-state index contributed by atoms with van der Waals surface area (Å²) in [6.45, 7) is 5.42. The summed E-state index contributed by atoms with van der Waals surface area (Å²) in [6, 6.07) is 13.9. The maximum Gasteiger partial charge on any atom is 0.268 e. The molecule has 0 atom stereocenters. The van der Waals surface area contributed by atoms with Crippen LogP contribution in [0.15, 0.2) is 60.8 Å². The number of piperidine rings is 1. The van der Waals surface area contributed by atoms with Crippen molar-refractivity contribution in [2.75, 3.05) is 32.5 Å². The van der Waals surface area contributed by atoms with E-state index >= 15 is 0 Å². The van der Waals surface area contributed by atoms with Gasteiger partial charge in [-0.2, -0.15) is 0 Å². The Morgan fingerprint density at radius 1 is 1.14 bits per heavy atom. The van der Waals surface area contributed by atoms with Crippen LogP contribution in [0.1, 0.15) is 42.6 Å². The highest BCUT2D eigenvalue weighted by atomic mass is 16.5. The van der Waals surface area contributed by atoms with E-state index in [-0.39, 0.29) is 29.5 Å². The van der Waals surface area contributed by atoms with Crippen LogP contribution in [-0.2, 0) is 4.74 Å². The number of allylic oxidation sites excluding steroid dienone is 1. The molecule has 5 N–H and O–H groups in total. The van der Waals surface area contributed by atoms with Crippen molar-refractivity contribution >= 4 is 23.4 Å². The summed E-state index contributed by atoms with van der Waals surface area (Å²) in [5, 5.41) is 28.8. The van der Waals surface area contributed by atoms with Gasteiger partial charge in [-0.05, 0) is 88.6 Å². The Morgan fingerprint density at radius 2 is 1.80 bits per heavy atom. The molecule has 1 fully saturated rings. The summed E-state index contributed by atoms with van der Waals surface area (Å²) < 4.78 is 4.92. The third kappa shape index (κ3) is 8.88. The summed E-state index contributed by atoms with van der Waals surface area (Å²) in [4.78, 5) is 14.7. The minimum atomic E-state index is -0.0444. The van der Waals surface area contributed by atoms with Crippen molar-refractivity contribution in [1.82, 2.24) is 15.3 Å². The van der Waals surface area contributed by atoms with Crippen molar-refractivity contribution in [3.05, 3.63) is 71.9 Å². The van der Waals surface area contributed by atoms with E-state index < -0.39 is 0 Å². The number of nitrogens with one attached hydrogen (secondary N) is 4. The van der Waals surface area contributed by atoms with Crippen LogP contribution < -0.4 is 10.7 Å². The minimum absolute atomic E-state index is 0.0109. The van der Waals surface area contributed by atoms with Gasteiger partial charge in [-0.1, -0.05) is 12.1 Å². The molecule has 1 aliphatic rings. The van der Waals surface area contributed by atoms with Crippen molar-refractivity contribution in [2.45, 2.75) is 32.7 Å². The monoisotopic (exact) mass is 480 g/mol. The van der Waals surface area contributed by atoms with Gasteiger partial charge in [0, 0.05) is 30.8 Å². The first-order valence-electron chi connectivity index (χ1n) is 11.5. The Hall–Kier alpha value is -3.69. The fraction of sp³-hybridized carbons (Fsp3) is 0.346. The Morgan fingerprint density at radius 3 is 2.37 bits per heavy atom. The van der Waals surface area contributed by atoms with E-state index in [4.69, 9.17) is 15.6 Å². The predicted octanol–water partition coefficient (Wildman–Crippen LogP) is 4.03. The first kappa shape index (κ1) is 27.6. The van der Waals surface area contributed by atoms with Crippen LogP contribution in [0.25, 0.3) is 0 Å². The number of hydrogen-bond acceptors (Lipinski definition) is 8. The molecule has 2 aromatic carbocycles. The number of ether oxygens (including phenoxy) is 1. The number of carbonyl (C=O) groups excluding carboxylic acids is 1. The lowest BCUT2D eigenvalue weighted by molar-refractivity contribution is 0.0463. The molecule has 0 spiro atoms. The number of amides is 1. The first-order valence-corrected chi connectivity index (χ1v) is 11.5. The lowest BCUT2D eigenvalue weighted by Crippen LogP contribution is -2.51. The number of benzene rings is 2. The Bertz CT molecular complexity index is 1010. The fourth-order valence-corrected chi connectivity index (χ4v) is 3.59. The SMILES string of the molecule is C/C=C\Nc1cccc(C(=N)OC(C)=N)c1.CNN(C(=O)c1ccc(O)cc1)C1CCN(C)CC1. The van der Waals surface area contributed by atoms with Gasteiger partial charge in [0.15, 0.2) is 5.90 Å². The Balaban J connectivity index is 0.000000251. The number of phenolic OH excluding ortho intramolecular Hbond substituents is 1. The maximum atomic E-state index is 12.4. The van der Waals surface area contributed by atoms with E-state index in [0.717, 1.165) is 31.6 Å². The Kier molecular flexibility index (Phi) is 10.9. The van der Waals surface area contributed by atoms with Gasteiger partial charge in [0.05, 0.1) is 6.04 Å². The van der Waals surface area contributed by atoms with E-state index in [0.29, 0.717) is 11.1 Å². The summed E-state index contributed by atoms with van der Waals surface area (Å²) in [5.74, 6) is 0.123. The molecule has 1 aliphatic heterocycles. The number of phenols is 1. The van der Waals surface area contributed by atoms with E-state index in [1.807, 2.05) is 31.3 Å². The van der Waals surface area contributed by atoms with Crippen LogP contribution in [0.3, 0.4) is 0 Å². The number of rotatable bonds is 6. The van der Waals surface area contributed by atoms with Crippen LogP contribution in [0.4, 0.5) is 5.69 Å². The fourth-order valence-electron chi connectivity index (χ4n) is 3.59. The van der Waals surface area contributed by atoms with Crippen LogP contribution in [-0.4, -0.2) is 65.9 Å². The molecule has 1 amide bonds. The average molecular weight is 481 g/mol. The van der Waals surface area contributed by atoms with Crippen LogP contribution in [0, 0.1) is 10.8 Å². The van der Waals surface area contributed by atoms with Gasteiger partial charge < -0.3 is 20.1 Å². The molecule has 2 aromatic rings. The smallest absolute Gasteiger partial charge is 0.268 e. The number of anilines is 1. The molecule has 0 bridgehead atoms. The molecule has 188 valence electrons. The third-order valence-corrected chi connectivity index (χ3v) is 5.42. The van der Waals surface area contributed by atoms with Crippen molar-refractivity contribution in [3.8, 4) is 5.75 Å². The average Bonchev–Trinajstić information content (AvgIpc) is 2.85.